The number of benzene rings is 1. The Labute approximate surface area is 115 Å². The third kappa shape index (κ3) is 3.69. The van der Waals surface area contributed by atoms with Gasteiger partial charge in [0, 0.05) is 23.2 Å². The van der Waals surface area contributed by atoms with Crippen LogP contribution in [0, 0.1) is 10.1 Å². The smallest absolute Gasteiger partial charge is 0.324 e. The fourth-order valence-corrected chi connectivity index (χ4v) is 2.34. The number of hydrogen-bond donors (Lipinski definition) is 1. The number of rotatable bonds is 6. The zero-order chi connectivity index (χ0) is 13.7. The van der Waals surface area contributed by atoms with Crippen LogP contribution >= 0.6 is 11.3 Å². The third-order valence-corrected chi connectivity index (χ3v) is 3.50. The van der Waals surface area contributed by atoms with Crippen LogP contribution in [-0.2, 0) is 6.54 Å². The van der Waals surface area contributed by atoms with E-state index < -0.39 is 0 Å². The fraction of sp³-hybridized carbons (Fsp3) is 0.231. The van der Waals surface area contributed by atoms with Gasteiger partial charge in [-0.3, -0.25) is 10.1 Å². The highest BCUT2D eigenvalue weighted by molar-refractivity contribution is 7.15. The molecule has 0 bridgehead atoms. The Morgan fingerprint density at radius 2 is 2.00 bits per heavy atom. The van der Waals surface area contributed by atoms with E-state index in [1.807, 2.05) is 31.2 Å². The predicted octanol–water partition coefficient (Wildman–Crippen LogP) is 3.67. The highest BCUT2D eigenvalue weighted by Crippen LogP contribution is 2.25. The van der Waals surface area contributed by atoms with Crippen LogP contribution in [-0.4, -0.2) is 11.5 Å². The van der Waals surface area contributed by atoms with Crippen molar-refractivity contribution in [3.8, 4) is 5.75 Å². The van der Waals surface area contributed by atoms with E-state index in [4.69, 9.17) is 4.74 Å². The van der Waals surface area contributed by atoms with E-state index in [9.17, 15) is 10.1 Å². The molecular formula is C13H14N2O3S. The summed E-state index contributed by atoms with van der Waals surface area (Å²) in [5, 5.41) is 14.0. The summed E-state index contributed by atoms with van der Waals surface area (Å²) in [7, 11) is 0. The summed E-state index contributed by atoms with van der Waals surface area (Å²) in [6.45, 7) is 3.16. The summed E-state index contributed by atoms with van der Waals surface area (Å²) < 4.78 is 5.35. The minimum atomic E-state index is -0.370. The van der Waals surface area contributed by atoms with Gasteiger partial charge in [-0.1, -0.05) is 11.3 Å². The van der Waals surface area contributed by atoms with Gasteiger partial charge in [0.05, 0.1) is 11.5 Å². The molecule has 2 rings (SSSR count). The standard InChI is InChI=1S/C13H14N2O3S/c1-2-18-11-5-3-10(4-6-11)14-9-12-7-8-13(19-12)15(16)17/h3-8,14H,2,9H2,1H3. The fourth-order valence-electron chi connectivity index (χ4n) is 1.58. The quantitative estimate of drug-likeness (QED) is 0.647. The average molecular weight is 278 g/mol. The van der Waals surface area contributed by atoms with Gasteiger partial charge in [-0.25, -0.2) is 0 Å². The Bertz CT molecular complexity index is 551. The van der Waals surface area contributed by atoms with Crippen LogP contribution in [0.15, 0.2) is 36.4 Å². The predicted molar refractivity (Wildman–Crippen MR) is 75.9 cm³/mol. The molecule has 19 heavy (non-hydrogen) atoms. The molecule has 0 aliphatic rings. The average Bonchev–Trinajstić information content (AvgIpc) is 2.87. The van der Waals surface area contributed by atoms with Gasteiger partial charge in [0.25, 0.3) is 0 Å². The van der Waals surface area contributed by atoms with Crippen molar-refractivity contribution >= 4 is 22.0 Å². The molecule has 0 unspecified atom stereocenters. The van der Waals surface area contributed by atoms with E-state index >= 15 is 0 Å². The molecule has 5 nitrogen and oxygen atoms in total. The van der Waals surface area contributed by atoms with Gasteiger partial charge < -0.3 is 10.1 Å². The molecule has 0 aliphatic carbocycles. The number of hydrogen-bond acceptors (Lipinski definition) is 5. The number of nitrogens with zero attached hydrogens (tertiary/aromatic N) is 1. The van der Waals surface area contributed by atoms with Crippen molar-refractivity contribution in [1.82, 2.24) is 0 Å². The first-order chi connectivity index (χ1) is 9.19. The summed E-state index contributed by atoms with van der Waals surface area (Å²) in [6.07, 6.45) is 0. The molecule has 0 atom stereocenters. The maximum atomic E-state index is 10.6. The Morgan fingerprint density at radius 1 is 1.26 bits per heavy atom. The van der Waals surface area contributed by atoms with Gasteiger partial charge >= 0.3 is 5.00 Å². The van der Waals surface area contributed by atoms with Gasteiger partial charge in [-0.2, -0.15) is 0 Å². The minimum absolute atomic E-state index is 0.170. The monoisotopic (exact) mass is 278 g/mol. The Morgan fingerprint density at radius 3 is 2.58 bits per heavy atom. The second-order valence-corrected chi connectivity index (χ2v) is 4.95. The summed E-state index contributed by atoms with van der Waals surface area (Å²) >= 11 is 1.19. The molecule has 6 heteroatoms. The van der Waals surface area contributed by atoms with E-state index in [-0.39, 0.29) is 9.92 Å². The maximum absolute atomic E-state index is 10.6. The molecule has 1 aromatic heterocycles. The van der Waals surface area contributed by atoms with Crippen LogP contribution in [0.4, 0.5) is 10.7 Å². The number of thiophene rings is 1. The lowest BCUT2D eigenvalue weighted by Gasteiger charge is -2.06. The maximum Gasteiger partial charge on any atom is 0.324 e. The molecule has 1 aromatic carbocycles. The molecule has 0 saturated heterocycles. The van der Waals surface area contributed by atoms with Crippen molar-refractivity contribution in [3.63, 3.8) is 0 Å². The summed E-state index contributed by atoms with van der Waals surface area (Å²) in [4.78, 5) is 11.1. The Kier molecular flexibility index (Phi) is 4.35. The molecule has 1 N–H and O–H groups in total. The Balaban J connectivity index is 1.92. The van der Waals surface area contributed by atoms with E-state index in [1.165, 1.54) is 17.4 Å². The van der Waals surface area contributed by atoms with E-state index in [0.717, 1.165) is 16.3 Å². The molecule has 0 saturated carbocycles. The van der Waals surface area contributed by atoms with E-state index in [1.54, 1.807) is 6.07 Å². The highest BCUT2D eigenvalue weighted by atomic mass is 32.1. The highest BCUT2D eigenvalue weighted by Gasteiger charge is 2.09. The summed E-state index contributed by atoms with van der Waals surface area (Å²) in [5.41, 5.74) is 0.958. The molecule has 2 aromatic rings. The molecule has 0 aliphatic heterocycles. The topological polar surface area (TPSA) is 64.4 Å². The van der Waals surface area contributed by atoms with Gasteiger partial charge in [0.15, 0.2) is 0 Å². The van der Waals surface area contributed by atoms with Crippen molar-refractivity contribution in [1.29, 1.82) is 0 Å². The van der Waals surface area contributed by atoms with Crippen LogP contribution in [0.1, 0.15) is 11.8 Å². The molecule has 0 amide bonds. The first-order valence-corrected chi connectivity index (χ1v) is 6.70. The van der Waals surface area contributed by atoms with Gasteiger partial charge in [-0.15, -0.1) is 0 Å². The largest absolute Gasteiger partial charge is 0.494 e. The normalized spacial score (nSPS) is 10.2. The molecule has 0 fully saturated rings. The molecule has 0 spiro atoms. The number of anilines is 1. The SMILES string of the molecule is CCOc1ccc(NCc2ccc([N+](=O)[O-])s2)cc1. The zero-order valence-corrected chi connectivity index (χ0v) is 11.3. The summed E-state index contributed by atoms with van der Waals surface area (Å²) in [5.74, 6) is 0.833. The van der Waals surface area contributed by atoms with Crippen LogP contribution in [0.5, 0.6) is 5.75 Å². The zero-order valence-electron chi connectivity index (χ0n) is 10.5. The number of nitrogens with one attached hydrogen (secondary N) is 1. The van der Waals surface area contributed by atoms with Crippen molar-refractivity contribution < 1.29 is 9.66 Å². The lowest BCUT2D eigenvalue weighted by Crippen LogP contribution is -1.97. The van der Waals surface area contributed by atoms with Crippen LogP contribution < -0.4 is 10.1 Å². The van der Waals surface area contributed by atoms with E-state index in [2.05, 4.69) is 5.32 Å². The third-order valence-electron chi connectivity index (χ3n) is 2.46. The number of nitro groups is 1. The van der Waals surface area contributed by atoms with Gasteiger partial charge in [0.2, 0.25) is 0 Å². The second-order valence-electron chi connectivity index (χ2n) is 3.81. The van der Waals surface area contributed by atoms with E-state index in [0.29, 0.717) is 13.2 Å². The first kappa shape index (κ1) is 13.4. The lowest BCUT2D eigenvalue weighted by molar-refractivity contribution is -0.380. The Hall–Kier alpha value is -2.08. The van der Waals surface area contributed by atoms with Crippen LogP contribution in [0.25, 0.3) is 0 Å². The van der Waals surface area contributed by atoms with Crippen molar-refractivity contribution in [2.24, 2.45) is 0 Å². The van der Waals surface area contributed by atoms with Crippen molar-refractivity contribution in [2.45, 2.75) is 13.5 Å². The molecule has 1 heterocycles. The minimum Gasteiger partial charge on any atom is -0.494 e. The lowest BCUT2D eigenvalue weighted by atomic mass is 10.3. The van der Waals surface area contributed by atoms with Crippen molar-refractivity contribution in [2.75, 3.05) is 11.9 Å². The van der Waals surface area contributed by atoms with Crippen LogP contribution in [0.3, 0.4) is 0 Å². The first-order valence-electron chi connectivity index (χ1n) is 5.89. The summed E-state index contributed by atoms with van der Waals surface area (Å²) in [6, 6.07) is 10.9. The van der Waals surface area contributed by atoms with Gasteiger partial charge in [-0.05, 0) is 37.3 Å². The molecule has 0 radical (unpaired) electrons. The molecular weight excluding hydrogens is 264 g/mol. The van der Waals surface area contributed by atoms with Crippen LogP contribution in [0.2, 0.25) is 0 Å². The number of ether oxygens (including phenoxy) is 1. The van der Waals surface area contributed by atoms with Crippen molar-refractivity contribution in [3.05, 3.63) is 51.4 Å². The second kappa shape index (κ2) is 6.19. The van der Waals surface area contributed by atoms with Gasteiger partial charge in [0.1, 0.15) is 5.75 Å². The molecule has 100 valence electrons.